The number of carboxylic acids is 1. The zero-order valence-corrected chi connectivity index (χ0v) is 12.5. The number of fused-ring (bicyclic) bond motifs is 1. The molecule has 23 heavy (non-hydrogen) atoms. The number of thiazole rings is 1. The number of hydrogen-bond donors (Lipinski definition) is 4. The number of aliphatic carboxylic acids is 1. The number of anilines is 2. The first-order valence-corrected chi connectivity index (χ1v) is 6.91. The number of nitrogens with one attached hydrogen (secondary N) is 1. The molecule has 1 aliphatic heterocycles. The number of hydrogen-bond acceptors (Lipinski definition) is 6. The lowest BCUT2D eigenvalue weighted by Gasteiger charge is -2.04. The van der Waals surface area contributed by atoms with Gasteiger partial charge in [0, 0.05) is 6.92 Å². The molecule has 0 saturated carbocycles. The first-order valence-electron chi connectivity index (χ1n) is 6.10. The zero-order chi connectivity index (χ0) is 17.3. The Morgan fingerprint density at radius 3 is 2.26 bits per heavy atom. The van der Waals surface area contributed by atoms with Gasteiger partial charge in [-0.3, -0.25) is 10.2 Å². The van der Waals surface area contributed by atoms with Gasteiger partial charge in [-0.05, 0) is 12.1 Å². The van der Waals surface area contributed by atoms with Crippen molar-refractivity contribution in [2.24, 2.45) is 4.99 Å². The van der Waals surface area contributed by atoms with Crippen molar-refractivity contribution in [2.75, 3.05) is 11.5 Å². The number of aliphatic imine (C=N–C) groups is 1. The summed E-state index contributed by atoms with van der Waals surface area (Å²) < 4.78 is 27.6. The number of benzene rings is 1. The second-order valence-electron chi connectivity index (χ2n) is 4.37. The van der Waals surface area contributed by atoms with E-state index in [1.165, 1.54) is 0 Å². The molecular weight excluding hydrogens is 328 g/mol. The molecule has 0 bridgehead atoms. The Kier molecular flexibility index (Phi) is 4.36. The molecule has 0 saturated heterocycles. The third kappa shape index (κ3) is 3.16. The van der Waals surface area contributed by atoms with E-state index in [0.717, 1.165) is 30.4 Å². The van der Waals surface area contributed by atoms with Crippen LogP contribution in [0, 0.1) is 17.0 Å². The van der Waals surface area contributed by atoms with Crippen LogP contribution in [0.3, 0.4) is 0 Å². The van der Waals surface area contributed by atoms with Crippen LogP contribution in [0.4, 0.5) is 19.7 Å². The minimum atomic E-state index is -0.833. The van der Waals surface area contributed by atoms with E-state index < -0.39 is 17.6 Å². The Morgan fingerprint density at radius 1 is 1.26 bits per heavy atom. The highest BCUT2D eigenvalue weighted by Gasteiger charge is 2.31. The predicted molar refractivity (Wildman–Crippen MR) is 83.1 cm³/mol. The van der Waals surface area contributed by atoms with Gasteiger partial charge in [-0.25, -0.2) is 18.8 Å². The summed E-state index contributed by atoms with van der Waals surface area (Å²) in [6.07, 6.45) is 0. The van der Waals surface area contributed by atoms with E-state index in [0.29, 0.717) is 4.88 Å². The third-order valence-corrected chi connectivity index (χ3v) is 3.59. The van der Waals surface area contributed by atoms with Gasteiger partial charge in [-0.15, -0.1) is 0 Å². The Bertz CT molecular complexity index is 843. The lowest BCUT2D eigenvalue weighted by Crippen LogP contribution is -2.06. The van der Waals surface area contributed by atoms with Crippen molar-refractivity contribution in [3.05, 3.63) is 39.8 Å². The molecule has 0 spiro atoms. The average molecular weight is 339 g/mol. The number of carbonyl (C=O) groups is 1. The van der Waals surface area contributed by atoms with Crippen molar-refractivity contribution in [3.8, 4) is 0 Å². The Morgan fingerprint density at radius 2 is 1.78 bits per heavy atom. The van der Waals surface area contributed by atoms with Gasteiger partial charge in [0.15, 0.2) is 11.0 Å². The summed E-state index contributed by atoms with van der Waals surface area (Å²) in [5, 5.41) is 15.3. The molecule has 1 aliphatic rings. The molecule has 7 nitrogen and oxygen atoms in total. The third-order valence-electron chi connectivity index (χ3n) is 2.69. The fraction of sp³-hybridized carbons (Fsp3) is 0.0769. The minimum absolute atomic E-state index is 0.0691. The molecule has 0 radical (unpaired) electrons. The number of carboxylic acid groups (broad SMARTS) is 1. The maximum absolute atomic E-state index is 13.9. The van der Waals surface area contributed by atoms with Crippen LogP contribution in [0.15, 0.2) is 17.1 Å². The first-order chi connectivity index (χ1) is 10.7. The Hall–Kier alpha value is -2.88. The molecule has 0 atom stereocenters. The number of nitrogens with zero attached hydrogens (tertiary/aromatic N) is 2. The van der Waals surface area contributed by atoms with Crippen LogP contribution in [0.2, 0.25) is 0 Å². The van der Waals surface area contributed by atoms with Crippen molar-refractivity contribution in [1.29, 1.82) is 5.41 Å². The highest BCUT2D eigenvalue weighted by molar-refractivity contribution is 7.18. The SMILES string of the molecule is CC(=O)O.N=C1N=C(c2sc(N)nc2N)c2c(F)ccc(F)c21. The van der Waals surface area contributed by atoms with Crippen molar-refractivity contribution in [3.63, 3.8) is 0 Å². The summed E-state index contributed by atoms with van der Waals surface area (Å²) in [5.41, 5.74) is 11.1. The number of rotatable bonds is 1. The maximum atomic E-state index is 13.9. The average Bonchev–Trinajstić information content (AvgIpc) is 2.94. The van der Waals surface area contributed by atoms with E-state index in [4.69, 9.17) is 26.8 Å². The van der Waals surface area contributed by atoms with Gasteiger partial charge in [0.25, 0.3) is 5.97 Å². The molecule has 2 heterocycles. The minimum Gasteiger partial charge on any atom is -0.481 e. The van der Waals surface area contributed by atoms with Gasteiger partial charge in [0.1, 0.15) is 17.5 Å². The van der Waals surface area contributed by atoms with Crippen LogP contribution >= 0.6 is 11.3 Å². The number of amidine groups is 1. The predicted octanol–water partition coefficient (Wildman–Crippen LogP) is 1.85. The smallest absolute Gasteiger partial charge is 0.300 e. The summed E-state index contributed by atoms with van der Waals surface area (Å²) in [6.45, 7) is 1.08. The Balaban J connectivity index is 0.000000433. The molecular formula is C13H11F2N5O2S. The van der Waals surface area contributed by atoms with Gasteiger partial charge in [-0.2, -0.15) is 0 Å². The van der Waals surface area contributed by atoms with Gasteiger partial charge < -0.3 is 16.6 Å². The van der Waals surface area contributed by atoms with Crippen molar-refractivity contribution < 1.29 is 18.7 Å². The van der Waals surface area contributed by atoms with Gasteiger partial charge in [0.05, 0.1) is 21.7 Å². The second-order valence-corrected chi connectivity index (χ2v) is 5.40. The van der Waals surface area contributed by atoms with Crippen LogP contribution in [0.5, 0.6) is 0 Å². The first kappa shape index (κ1) is 16.5. The van der Waals surface area contributed by atoms with Crippen molar-refractivity contribution in [2.45, 2.75) is 6.92 Å². The van der Waals surface area contributed by atoms with E-state index in [2.05, 4.69) is 9.98 Å². The summed E-state index contributed by atoms with van der Waals surface area (Å²) in [4.78, 5) is 17.0. The molecule has 0 unspecified atom stereocenters. The standard InChI is InChI=1S/C11H7F2N5S.C2H4O2/c12-3-1-2-4(13)6-5(3)7(17-9(6)14)8-10(15)18-11(16)19-8;1-2(3)4/h1-2,14H,15H2,(H2,16,18);1H3,(H,3,4). The lowest BCUT2D eigenvalue weighted by molar-refractivity contribution is -0.134. The number of halogens is 2. The van der Waals surface area contributed by atoms with Gasteiger partial charge in [0.2, 0.25) is 0 Å². The number of aromatic nitrogens is 1. The molecule has 0 fully saturated rings. The van der Waals surface area contributed by atoms with E-state index in [9.17, 15) is 8.78 Å². The largest absolute Gasteiger partial charge is 0.481 e. The zero-order valence-electron chi connectivity index (χ0n) is 11.7. The molecule has 6 N–H and O–H groups in total. The van der Waals surface area contributed by atoms with Crippen LogP contribution in [-0.2, 0) is 4.79 Å². The molecule has 10 heteroatoms. The molecule has 3 rings (SSSR count). The number of nitrogens with two attached hydrogens (primary N) is 2. The highest BCUT2D eigenvalue weighted by atomic mass is 32.1. The van der Waals surface area contributed by atoms with Gasteiger partial charge in [-0.1, -0.05) is 11.3 Å². The van der Waals surface area contributed by atoms with E-state index in [1.807, 2.05) is 0 Å². The quantitative estimate of drug-likeness (QED) is 0.628. The highest BCUT2D eigenvalue weighted by Crippen LogP contribution is 2.33. The van der Waals surface area contributed by atoms with E-state index in [-0.39, 0.29) is 33.6 Å². The number of nitrogen functional groups attached to an aromatic ring is 2. The molecule has 0 amide bonds. The normalized spacial score (nSPS) is 12.3. The second kappa shape index (κ2) is 6.08. The summed E-state index contributed by atoms with van der Waals surface area (Å²) in [7, 11) is 0. The Labute approximate surface area is 132 Å². The van der Waals surface area contributed by atoms with Crippen molar-refractivity contribution in [1.82, 2.24) is 4.98 Å². The van der Waals surface area contributed by atoms with Crippen LogP contribution < -0.4 is 11.5 Å². The fourth-order valence-corrected chi connectivity index (χ4v) is 2.67. The molecule has 1 aromatic carbocycles. The van der Waals surface area contributed by atoms with Crippen molar-refractivity contribution >= 4 is 39.8 Å². The topological polar surface area (TPSA) is 138 Å². The molecule has 120 valence electrons. The van der Waals surface area contributed by atoms with Crippen LogP contribution in [0.1, 0.15) is 22.9 Å². The van der Waals surface area contributed by atoms with E-state index >= 15 is 0 Å². The fourth-order valence-electron chi connectivity index (χ4n) is 1.92. The molecule has 2 aromatic rings. The monoisotopic (exact) mass is 339 g/mol. The van der Waals surface area contributed by atoms with Crippen LogP contribution in [-0.4, -0.2) is 27.6 Å². The molecule has 0 aliphatic carbocycles. The van der Waals surface area contributed by atoms with E-state index in [1.54, 1.807) is 0 Å². The summed E-state index contributed by atoms with van der Waals surface area (Å²) in [5.74, 6) is -2.45. The summed E-state index contributed by atoms with van der Waals surface area (Å²) >= 11 is 1.02. The van der Waals surface area contributed by atoms with Crippen LogP contribution in [0.25, 0.3) is 0 Å². The maximum Gasteiger partial charge on any atom is 0.300 e. The lowest BCUT2D eigenvalue weighted by atomic mass is 10.0. The van der Waals surface area contributed by atoms with Gasteiger partial charge >= 0.3 is 0 Å². The summed E-state index contributed by atoms with van der Waals surface area (Å²) in [6, 6.07) is 1.95. The molecule has 1 aromatic heterocycles.